The Morgan fingerprint density at radius 3 is 2.60 bits per heavy atom. The maximum atomic E-state index is 13.5. The third-order valence-corrected chi connectivity index (χ3v) is 6.43. The molecule has 1 aromatic carbocycles. The first-order valence-electron chi connectivity index (χ1n) is 10.5. The summed E-state index contributed by atoms with van der Waals surface area (Å²) in [5, 5.41) is 2.11. The molecule has 2 heterocycles. The minimum absolute atomic E-state index is 0.00329. The van der Waals surface area contributed by atoms with Gasteiger partial charge in [-0.1, -0.05) is 51.1 Å². The minimum atomic E-state index is -0.533. The summed E-state index contributed by atoms with van der Waals surface area (Å²) >= 11 is 1.76. The Morgan fingerprint density at radius 1 is 1.20 bits per heavy atom. The van der Waals surface area contributed by atoms with Crippen molar-refractivity contribution in [3.63, 3.8) is 0 Å². The zero-order valence-electron chi connectivity index (χ0n) is 18.4. The van der Waals surface area contributed by atoms with Gasteiger partial charge in [-0.25, -0.2) is 0 Å². The van der Waals surface area contributed by atoms with Crippen LogP contribution in [-0.4, -0.2) is 55.0 Å². The number of ether oxygens (including phenoxy) is 1. The molecule has 0 radical (unpaired) electrons. The van der Waals surface area contributed by atoms with E-state index >= 15 is 0 Å². The van der Waals surface area contributed by atoms with Crippen LogP contribution in [0.3, 0.4) is 0 Å². The van der Waals surface area contributed by atoms with E-state index in [1.165, 1.54) is 10.4 Å². The van der Waals surface area contributed by atoms with E-state index in [4.69, 9.17) is 4.74 Å². The van der Waals surface area contributed by atoms with Crippen molar-refractivity contribution in [1.29, 1.82) is 0 Å². The summed E-state index contributed by atoms with van der Waals surface area (Å²) in [6.07, 6.45) is 1.57. The fraction of sp³-hybridized carbons (Fsp3) is 0.500. The van der Waals surface area contributed by atoms with Gasteiger partial charge < -0.3 is 14.5 Å². The highest BCUT2D eigenvalue weighted by Gasteiger charge is 2.35. The van der Waals surface area contributed by atoms with Crippen LogP contribution in [0.5, 0.6) is 0 Å². The molecule has 1 aromatic heterocycles. The zero-order valence-corrected chi connectivity index (χ0v) is 19.2. The fourth-order valence-electron chi connectivity index (χ4n) is 3.96. The second kappa shape index (κ2) is 9.75. The summed E-state index contributed by atoms with van der Waals surface area (Å²) in [7, 11) is 1.65. The Hall–Kier alpha value is -2.18. The number of hydrogen-bond acceptors (Lipinski definition) is 4. The second-order valence-corrected chi connectivity index (χ2v) is 9.77. The Bertz CT molecular complexity index is 857. The van der Waals surface area contributed by atoms with E-state index < -0.39 is 5.41 Å². The van der Waals surface area contributed by atoms with Gasteiger partial charge in [0.15, 0.2) is 0 Å². The van der Waals surface area contributed by atoms with E-state index in [1.807, 2.05) is 43.9 Å². The molecule has 0 aliphatic carbocycles. The van der Waals surface area contributed by atoms with E-state index in [2.05, 4.69) is 23.6 Å². The number of nitrogens with zero attached hydrogens (tertiary/aromatic N) is 2. The molecule has 1 aliphatic heterocycles. The smallest absolute Gasteiger partial charge is 0.242 e. The molecular formula is C24H32N2O3S. The van der Waals surface area contributed by atoms with Crippen LogP contribution in [0.2, 0.25) is 0 Å². The molecule has 0 bridgehead atoms. The van der Waals surface area contributed by atoms with Gasteiger partial charge in [-0.05, 0) is 35.4 Å². The molecule has 0 N–H and O–H groups in total. The van der Waals surface area contributed by atoms with Gasteiger partial charge in [-0.2, -0.15) is 0 Å². The van der Waals surface area contributed by atoms with Gasteiger partial charge in [0.25, 0.3) is 0 Å². The molecule has 30 heavy (non-hydrogen) atoms. The first kappa shape index (κ1) is 22.5. The predicted octanol–water partition coefficient (Wildman–Crippen LogP) is 4.13. The first-order valence-corrected chi connectivity index (χ1v) is 11.4. The lowest BCUT2D eigenvalue weighted by molar-refractivity contribution is -0.146. The van der Waals surface area contributed by atoms with Crippen molar-refractivity contribution in [2.24, 2.45) is 5.41 Å². The van der Waals surface area contributed by atoms with Crippen molar-refractivity contribution in [2.45, 2.75) is 39.7 Å². The number of rotatable bonds is 7. The van der Waals surface area contributed by atoms with E-state index in [0.717, 1.165) is 12.0 Å². The SMILES string of the molecule is COCCCN(CC(=O)N1CCc2sccc2[C@@H]1c1ccccc1)C(=O)C(C)(C)C. The zero-order chi connectivity index (χ0) is 21.7. The van der Waals surface area contributed by atoms with Gasteiger partial charge in [0.2, 0.25) is 11.8 Å². The summed E-state index contributed by atoms with van der Waals surface area (Å²) in [5.41, 5.74) is 1.78. The van der Waals surface area contributed by atoms with E-state index in [0.29, 0.717) is 26.1 Å². The van der Waals surface area contributed by atoms with Crippen LogP contribution >= 0.6 is 11.3 Å². The number of hydrogen-bond donors (Lipinski definition) is 0. The average Bonchev–Trinajstić information content (AvgIpc) is 3.20. The number of fused-ring (bicyclic) bond motifs is 1. The summed E-state index contributed by atoms with van der Waals surface area (Å²) < 4.78 is 5.15. The molecule has 1 atom stereocenters. The van der Waals surface area contributed by atoms with E-state index in [1.54, 1.807) is 23.3 Å². The lowest BCUT2D eigenvalue weighted by Gasteiger charge is -2.38. The molecule has 0 fully saturated rings. The monoisotopic (exact) mass is 428 g/mol. The number of thiophene rings is 1. The summed E-state index contributed by atoms with van der Waals surface area (Å²) in [4.78, 5) is 31.5. The molecular weight excluding hydrogens is 396 g/mol. The first-order chi connectivity index (χ1) is 14.3. The minimum Gasteiger partial charge on any atom is -0.385 e. The standard InChI is InChI=1S/C24H32N2O3S/c1-24(2,3)23(28)25(13-8-15-29-4)17-21(27)26-14-11-20-19(12-16-30-20)22(26)18-9-6-5-7-10-18/h5-7,9-10,12,16,22H,8,11,13-15,17H2,1-4H3/t22-/m0/s1. The van der Waals surface area contributed by atoms with Crippen LogP contribution in [-0.2, 0) is 20.7 Å². The largest absolute Gasteiger partial charge is 0.385 e. The molecule has 0 saturated heterocycles. The summed E-state index contributed by atoms with van der Waals surface area (Å²) in [6, 6.07) is 12.2. The van der Waals surface area contributed by atoms with Crippen LogP contribution in [0.25, 0.3) is 0 Å². The topological polar surface area (TPSA) is 49.9 Å². The molecule has 6 heteroatoms. The van der Waals surface area contributed by atoms with Crippen LogP contribution in [0, 0.1) is 5.41 Å². The number of carbonyl (C=O) groups excluding carboxylic acids is 2. The molecule has 5 nitrogen and oxygen atoms in total. The Morgan fingerprint density at radius 2 is 1.93 bits per heavy atom. The number of methoxy groups -OCH3 is 1. The Kier molecular flexibility index (Phi) is 7.32. The van der Waals surface area contributed by atoms with Crippen molar-refractivity contribution < 1.29 is 14.3 Å². The van der Waals surface area contributed by atoms with Gasteiger partial charge in [-0.15, -0.1) is 11.3 Å². The average molecular weight is 429 g/mol. The van der Waals surface area contributed by atoms with Gasteiger partial charge in [-0.3, -0.25) is 9.59 Å². The van der Waals surface area contributed by atoms with Gasteiger partial charge >= 0.3 is 0 Å². The molecule has 0 spiro atoms. The number of amides is 2. The maximum Gasteiger partial charge on any atom is 0.242 e. The third-order valence-electron chi connectivity index (χ3n) is 5.43. The lowest BCUT2D eigenvalue weighted by Crippen LogP contribution is -2.49. The quantitative estimate of drug-likeness (QED) is 0.623. The van der Waals surface area contributed by atoms with Crippen molar-refractivity contribution in [2.75, 3.05) is 33.4 Å². The number of carbonyl (C=O) groups is 2. The molecule has 162 valence electrons. The fourth-order valence-corrected chi connectivity index (χ4v) is 4.86. The van der Waals surface area contributed by atoms with Crippen molar-refractivity contribution >= 4 is 23.2 Å². The maximum absolute atomic E-state index is 13.5. The molecule has 3 rings (SSSR count). The van der Waals surface area contributed by atoms with Crippen molar-refractivity contribution in [3.8, 4) is 0 Å². The highest BCUT2D eigenvalue weighted by molar-refractivity contribution is 7.10. The van der Waals surface area contributed by atoms with E-state index in [-0.39, 0.29) is 24.4 Å². The molecule has 2 amide bonds. The van der Waals surface area contributed by atoms with Gasteiger partial charge in [0, 0.05) is 37.1 Å². The lowest BCUT2D eigenvalue weighted by atomic mass is 9.92. The molecule has 0 saturated carbocycles. The molecule has 2 aromatic rings. The second-order valence-electron chi connectivity index (χ2n) is 8.77. The Balaban J connectivity index is 1.84. The normalized spacial score (nSPS) is 16.3. The van der Waals surface area contributed by atoms with Crippen LogP contribution in [0.15, 0.2) is 41.8 Å². The van der Waals surface area contributed by atoms with Crippen molar-refractivity contribution in [1.82, 2.24) is 9.80 Å². The highest BCUT2D eigenvalue weighted by atomic mass is 32.1. The van der Waals surface area contributed by atoms with Crippen LogP contribution < -0.4 is 0 Å². The van der Waals surface area contributed by atoms with E-state index in [9.17, 15) is 9.59 Å². The Labute approximate surface area is 183 Å². The number of benzene rings is 1. The summed E-state index contributed by atoms with van der Waals surface area (Å²) in [6.45, 7) is 7.54. The predicted molar refractivity (Wildman–Crippen MR) is 121 cm³/mol. The highest BCUT2D eigenvalue weighted by Crippen LogP contribution is 2.37. The van der Waals surface area contributed by atoms with Crippen LogP contribution in [0.4, 0.5) is 0 Å². The molecule has 1 aliphatic rings. The molecule has 0 unspecified atom stereocenters. The van der Waals surface area contributed by atoms with Crippen LogP contribution in [0.1, 0.15) is 49.2 Å². The third kappa shape index (κ3) is 5.10. The van der Waals surface area contributed by atoms with Crippen molar-refractivity contribution in [3.05, 3.63) is 57.8 Å². The van der Waals surface area contributed by atoms with Gasteiger partial charge in [0.05, 0.1) is 12.6 Å². The van der Waals surface area contributed by atoms with Gasteiger partial charge in [0.1, 0.15) is 0 Å². The summed E-state index contributed by atoms with van der Waals surface area (Å²) in [5.74, 6) is -0.00725.